The highest BCUT2D eigenvalue weighted by atomic mass is 35.5. The van der Waals surface area contributed by atoms with Crippen LogP contribution >= 0.6 is 23.2 Å². The first-order valence-corrected chi connectivity index (χ1v) is 18.5. The Kier molecular flexibility index (Phi) is 11.7. The van der Waals surface area contributed by atoms with Gasteiger partial charge in [-0.15, -0.1) is 0 Å². The van der Waals surface area contributed by atoms with Crippen LogP contribution in [0, 0.1) is 0 Å². The Morgan fingerprint density at radius 3 is 2.60 bits per heavy atom. The van der Waals surface area contributed by atoms with Gasteiger partial charge >= 0.3 is 5.97 Å². The summed E-state index contributed by atoms with van der Waals surface area (Å²) in [6.45, 7) is 8.64. The number of amides is 2. The summed E-state index contributed by atoms with van der Waals surface area (Å²) in [6, 6.07) is 13.1. The molecule has 2 amide bonds. The monoisotopic (exact) mass is 761 g/mol. The molecular formula is C39H45Cl2N7O5. The molecule has 1 saturated heterocycles. The molecule has 0 bridgehead atoms. The van der Waals surface area contributed by atoms with Crippen LogP contribution in [-0.4, -0.2) is 75.6 Å². The summed E-state index contributed by atoms with van der Waals surface area (Å²) < 4.78 is 13.0. The average molecular weight is 763 g/mol. The van der Waals surface area contributed by atoms with E-state index in [1.165, 1.54) is 0 Å². The lowest BCUT2D eigenvalue weighted by atomic mass is 10.0. The van der Waals surface area contributed by atoms with Gasteiger partial charge in [-0.25, -0.2) is 4.98 Å². The largest absolute Gasteiger partial charge is 0.496 e. The van der Waals surface area contributed by atoms with Crippen LogP contribution in [0.2, 0.25) is 10.0 Å². The summed E-state index contributed by atoms with van der Waals surface area (Å²) >= 11 is 14.0. The zero-order chi connectivity index (χ0) is 37.9. The molecule has 53 heavy (non-hydrogen) atoms. The lowest BCUT2D eigenvalue weighted by Crippen LogP contribution is -2.35. The van der Waals surface area contributed by atoms with E-state index in [1.54, 1.807) is 31.5 Å². The summed E-state index contributed by atoms with van der Waals surface area (Å²) in [6.07, 6.45) is 4.05. The molecule has 4 aromatic rings. The second kappa shape index (κ2) is 16.3. The minimum Gasteiger partial charge on any atom is -0.496 e. The lowest BCUT2D eigenvalue weighted by Gasteiger charge is -2.27. The number of hydrogen-bond donors (Lipinski definition) is 3. The van der Waals surface area contributed by atoms with Crippen LogP contribution in [0.15, 0.2) is 48.7 Å². The number of benzene rings is 2. The number of methoxy groups -OCH3 is 1. The first kappa shape index (κ1) is 38.2. The van der Waals surface area contributed by atoms with Gasteiger partial charge in [-0.05, 0) is 45.4 Å². The highest BCUT2D eigenvalue weighted by Gasteiger charge is 2.27. The molecule has 0 saturated carbocycles. The Balaban J connectivity index is 1.15. The Bertz CT molecular complexity index is 2030. The first-order valence-electron chi connectivity index (χ1n) is 17.7. The molecular weight excluding hydrogens is 717 g/mol. The van der Waals surface area contributed by atoms with Gasteiger partial charge in [-0.1, -0.05) is 47.5 Å². The third-order valence-electron chi connectivity index (χ3n) is 9.37. The van der Waals surface area contributed by atoms with Crippen molar-refractivity contribution in [2.45, 2.75) is 71.2 Å². The minimum absolute atomic E-state index is 0.0915. The molecule has 2 aromatic heterocycles. The summed E-state index contributed by atoms with van der Waals surface area (Å²) in [5.41, 5.74) is 5.25. The molecule has 0 spiro atoms. The van der Waals surface area contributed by atoms with Crippen LogP contribution in [0.1, 0.15) is 67.6 Å². The molecule has 1 atom stereocenters. The van der Waals surface area contributed by atoms with E-state index in [2.05, 4.69) is 25.8 Å². The molecule has 0 radical (unpaired) electrons. The third-order valence-corrected chi connectivity index (χ3v) is 10.2. The summed E-state index contributed by atoms with van der Waals surface area (Å²) in [5, 5.41) is 10.0. The van der Waals surface area contributed by atoms with Crippen LogP contribution in [-0.2, 0) is 40.9 Å². The predicted octanol–water partition coefficient (Wildman–Crippen LogP) is 6.17. The number of halogens is 2. The number of rotatable bonds is 12. The number of imidazole rings is 1. The number of aromatic nitrogens is 3. The number of fused-ring (bicyclic) bond motifs is 1. The normalized spacial score (nSPS) is 15.9. The molecule has 2 aliphatic heterocycles. The van der Waals surface area contributed by atoms with Crippen molar-refractivity contribution in [3.8, 4) is 28.1 Å². The molecule has 2 aliphatic rings. The molecule has 0 aliphatic carbocycles. The molecule has 3 N–H and O–H groups in total. The van der Waals surface area contributed by atoms with E-state index < -0.39 is 11.5 Å². The molecule has 6 rings (SSSR count). The van der Waals surface area contributed by atoms with Crippen molar-refractivity contribution < 1.29 is 23.9 Å². The maximum Gasteiger partial charge on any atom is 0.307 e. The van der Waals surface area contributed by atoms with Crippen LogP contribution in [0.3, 0.4) is 0 Å². The Morgan fingerprint density at radius 1 is 1.08 bits per heavy atom. The summed E-state index contributed by atoms with van der Waals surface area (Å²) in [5.74, 6) is 0.416. The van der Waals surface area contributed by atoms with Crippen molar-refractivity contribution in [3.05, 3.63) is 81.5 Å². The van der Waals surface area contributed by atoms with Crippen molar-refractivity contribution in [2.24, 2.45) is 7.05 Å². The van der Waals surface area contributed by atoms with Crippen molar-refractivity contribution in [3.63, 3.8) is 0 Å². The average Bonchev–Trinajstić information content (AvgIpc) is 3.69. The zero-order valence-electron chi connectivity index (χ0n) is 30.6. The van der Waals surface area contributed by atoms with Gasteiger partial charge in [0.1, 0.15) is 11.4 Å². The Morgan fingerprint density at radius 2 is 1.87 bits per heavy atom. The number of carbonyl (C=O) groups is 3. The molecule has 1 fully saturated rings. The number of nitrogens with one attached hydrogen (secondary N) is 3. The topological polar surface area (TPSA) is 140 Å². The SMILES string of the molecule is COc1cc(-c2nccc(-c3cccc(NC(=O)c4nc5c(n4C)CCN(CCC(=O)OC(C)(C)C)C5)c3Cl)c2Cl)ccc1CNCC1CCC(=O)N1. The molecule has 1 unspecified atom stereocenters. The summed E-state index contributed by atoms with van der Waals surface area (Å²) in [4.78, 5) is 48.8. The number of carbonyl (C=O) groups excluding carboxylic acids is 3. The maximum atomic E-state index is 13.6. The third kappa shape index (κ3) is 9.01. The number of esters is 1. The van der Waals surface area contributed by atoms with E-state index in [0.717, 1.165) is 35.5 Å². The van der Waals surface area contributed by atoms with E-state index >= 15 is 0 Å². The van der Waals surface area contributed by atoms with Gasteiger partial charge < -0.3 is 30.0 Å². The van der Waals surface area contributed by atoms with Gasteiger partial charge in [0.15, 0.2) is 5.82 Å². The van der Waals surface area contributed by atoms with E-state index in [9.17, 15) is 14.4 Å². The van der Waals surface area contributed by atoms with E-state index in [1.807, 2.05) is 56.7 Å². The standard InChI is InChI=1S/C39H45Cl2N7O5/c1-39(2,3)53-33(50)15-18-48-17-14-30-29(22-48)45-37(47(30)4)38(51)46-28-8-6-7-26(34(28)40)27-13-16-43-36(35(27)41)23-9-10-24(31(19-23)52-5)20-42-21-25-11-12-32(49)44-25/h6-10,13,16,19,25,42H,11-12,14-15,17-18,20-22H2,1-5H3,(H,44,49)(H,46,51). The predicted molar refractivity (Wildman–Crippen MR) is 205 cm³/mol. The number of anilines is 1. The van der Waals surface area contributed by atoms with Gasteiger partial charge in [-0.2, -0.15) is 0 Å². The lowest BCUT2D eigenvalue weighted by molar-refractivity contribution is -0.155. The minimum atomic E-state index is -0.524. The second-order valence-corrected chi connectivity index (χ2v) is 15.1. The summed E-state index contributed by atoms with van der Waals surface area (Å²) in [7, 11) is 3.46. The Labute approximate surface area is 319 Å². The fraction of sp³-hybridized carbons (Fsp3) is 0.410. The smallest absolute Gasteiger partial charge is 0.307 e. The van der Waals surface area contributed by atoms with Gasteiger partial charge in [0.25, 0.3) is 5.91 Å². The van der Waals surface area contributed by atoms with Crippen molar-refractivity contribution in [2.75, 3.05) is 32.1 Å². The molecule has 280 valence electrons. The quantitative estimate of drug-likeness (QED) is 0.145. The van der Waals surface area contributed by atoms with Gasteiger partial charge in [0.2, 0.25) is 5.91 Å². The number of hydrogen-bond acceptors (Lipinski definition) is 9. The fourth-order valence-electron chi connectivity index (χ4n) is 6.74. The molecule has 4 heterocycles. The zero-order valence-corrected chi connectivity index (χ0v) is 32.2. The van der Waals surface area contributed by atoms with Crippen molar-refractivity contribution in [1.82, 2.24) is 30.1 Å². The highest BCUT2D eigenvalue weighted by Crippen LogP contribution is 2.41. The second-order valence-electron chi connectivity index (χ2n) is 14.4. The van der Waals surface area contributed by atoms with Gasteiger partial charge in [-0.3, -0.25) is 24.3 Å². The van der Waals surface area contributed by atoms with E-state index in [4.69, 9.17) is 37.7 Å². The maximum absolute atomic E-state index is 13.6. The fourth-order valence-corrected chi connectivity index (χ4v) is 7.33. The van der Waals surface area contributed by atoms with Crippen LogP contribution in [0.4, 0.5) is 5.69 Å². The van der Waals surface area contributed by atoms with Crippen LogP contribution in [0.5, 0.6) is 5.75 Å². The molecule has 12 nitrogen and oxygen atoms in total. The highest BCUT2D eigenvalue weighted by molar-refractivity contribution is 6.39. The number of nitrogens with zero attached hydrogens (tertiary/aromatic N) is 4. The molecule has 2 aromatic carbocycles. The van der Waals surface area contributed by atoms with Gasteiger partial charge in [0, 0.05) is 92.8 Å². The van der Waals surface area contributed by atoms with Crippen molar-refractivity contribution >= 4 is 46.7 Å². The van der Waals surface area contributed by atoms with Crippen LogP contribution < -0.4 is 20.7 Å². The Hall–Kier alpha value is -4.49. The van der Waals surface area contributed by atoms with E-state index in [0.29, 0.717) is 77.3 Å². The first-order chi connectivity index (χ1) is 25.3. The molecule has 14 heteroatoms. The van der Waals surface area contributed by atoms with Gasteiger partial charge in [0.05, 0.1) is 40.7 Å². The number of ether oxygens (including phenoxy) is 2. The van der Waals surface area contributed by atoms with Crippen LogP contribution in [0.25, 0.3) is 22.4 Å². The van der Waals surface area contributed by atoms with Crippen molar-refractivity contribution in [1.29, 1.82) is 0 Å². The number of pyridine rings is 1. The van der Waals surface area contributed by atoms with E-state index in [-0.39, 0.29) is 30.2 Å².